The summed E-state index contributed by atoms with van der Waals surface area (Å²) in [7, 11) is 1.88. The van der Waals surface area contributed by atoms with Crippen molar-refractivity contribution in [3.8, 4) is 0 Å². The van der Waals surface area contributed by atoms with Gasteiger partial charge in [-0.2, -0.15) is 5.10 Å². The average molecular weight is 370 g/mol. The van der Waals surface area contributed by atoms with Gasteiger partial charge in [-0.1, -0.05) is 6.92 Å². The van der Waals surface area contributed by atoms with Gasteiger partial charge in [-0.3, -0.25) is 9.48 Å². The molecule has 3 aromatic rings. The molecular formula is C18H22N6OS. The Labute approximate surface area is 156 Å². The highest BCUT2D eigenvalue weighted by Gasteiger charge is 2.25. The molecule has 0 spiro atoms. The number of fused-ring (bicyclic) bond motifs is 1. The molecule has 1 aliphatic heterocycles. The van der Waals surface area contributed by atoms with Gasteiger partial charge in [0.2, 0.25) is 0 Å². The molecule has 0 atom stereocenters. The van der Waals surface area contributed by atoms with Crippen LogP contribution in [0.2, 0.25) is 0 Å². The van der Waals surface area contributed by atoms with Gasteiger partial charge in [-0.25, -0.2) is 9.97 Å². The predicted molar refractivity (Wildman–Crippen MR) is 103 cm³/mol. The largest absolute Gasteiger partial charge is 0.352 e. The molecule has 1 saturated heterocycles. The summed E-state index contributed by atoms with van der Waals surface area (Å²) in [5, 5.41) is 5.23. The summed E-state index contributed by atoms with van der Waals surface area (Å²) >= 11 is 1.63. The van der Waals surface area contributed by atoms with E-state index in [4.69, 9.17) is 0 Å². The second kappa shape index (κ2) is 6.68. The summed E-state index contributed by atoms with van der Waals surface area (Å²) in [6.45, 7) is 7.13. The first-order chi connectivity index (χ1) is 12.6. The van der Waals surface area contributed by atoms with Gasteiger partial charge in [0.15, 0.2) is 5.65 Å². The van der Waals surface area contributed by atoms with E-state index in [1.807, 2.05) is 24.2 Å². The van der Waals surface area contributed by atoms with Crippen molar-refractivity contribution in [3.05, 3.63) is 33.9 Å². The van der Waals surface area contributed by atoms with Crippen molar-refractivity contribution in [1.29, 1.82) is 0 Å². The average Bonchev–Trinajstić information content (AvgIpc) is 3.24. The zero-order valence-corrected chi connectivity index (χ0v) is 16.1. The number of rotatable bonds is 3. The quantitative estimate of drug-likeness (QED) is 0.707. The minimum absolute atomic E-state index is 0.145. The number of carbonyl (C=O) groups excluding carboxylic acids is 1. The molecule has 0 saturated carbocycles. The number of nitrogens with zero attached hydrogens (tertiary/aromatic N) is 6. The van der Waals surface area contributed by atoms with Gasteiger partial charge >= 0.3 is 0 Å². The molecule has 26 heavy (non-hydrogen) atoms. The minimum atomic E-state index is 0.145. The van der Waals surface area contributed by atoms with Gasteiger partial charge in [-0.05, 0) is 25.0 Å². The lowest BCUT2D eigenvalue weighted by Crippen LogP contribution is -2.49. The Kier molecular flexibility index (Phi) is 4.36. The zero-order chi connectivity index (χ0) is 18.3. The number of hydrogen-bond acceptors (Lipinski definition) is 6. The van der Waals surface area contributed by atoms with Crippen molar-refractivity contribution >= 4 is 34.1 Å². The molecule has 7 nitrogen and oxygen atoms in total. The number of aryl methyl sites for hydroxylation is 3. The Balaban J connectivity index is 1.49. The summed E-state index contributed by atoms with van der Waals surface area (Å²) < 4.78 is 1.75. The van der Waals surface area contributed by atoms with Gasteiger partial charge in [0.25, 0.3) is 5.91 Å². The summed E-state index contributed by atoms with van der Waals surface area (Å²) in [5.74, 6) is 1.04. The van der Waals surface area contributed by atoms with Crippen LogP contribution in [0.25, 0.3) is 11.0 Å². The van der Waals surface area contributed by atoms with Crippen LogP contribution in [0, 0.1) is 6.92 Å². The molecule has 0 radical (unpaired) electrons. The maximum atomic E-state index is 12.8. The molecule has 0 aliphatic carbocycles. The predicted octanol–water partition coefficient (Wildman–Crippen LogP) is 2.26. The zero-order valence-electron chi connectivity index (χ0n) is 15.3. The third kappa shape index (κ3) is 2.84. The van der Waals surface area contributed by atoms with E-state index in [1.54, 1.807) is 22.3 Å². The standard InChI is InChI=1S/C18H22N6OS/c1-4-14-12(2)9-15(26-14)18(25)24-7-5-23(6-8-24)17-13-10-21-22(3)16(13)19-11-20-17/h9-11H,4-8H2,1-3H3. The van der Waals surface area contributed by atoms with Gasteiger partial charge in [0, 0.05) is 38.1 Å². The van der Waals surface area contributed by atoms with Crippen LogP contribution in [0.3, 0.4) is 0 Å². The van der Waals surface area contributed by atoms with Crippen molar-refractivity contribution in [2.75, 3.05) is 31.1 Å². The fraction of sp³-hybridized carbons (Fsp3) is 0.444. The van der Waals surface area contributed by atoms with Crippen LogP contribution in [0.15, 0.2) is 18.6 Å². The highest BCUT2D eigenvalue weighted by Crippen LogP contribution is 2.26. The first kappa shape index (κ1) is 17.0. The third-order valence-electron chi connectivity index (χ3n) is 4.93. The van der Waals surface area contributed by atoms with E-state index >= 15 is 0 Å². The van der Waals surface area contributed by atoms with E-state index in [1.165, 1.54) is 10.4 Å². The van der Waals surface area contributed by atoms with Crippen LogP contribution in [0.5, 0.6) is 0 Å². The monoisotopic (exact) mass is 370 g/mol. The molecule has 0 N–H and O–H groups in total. The van der Waals surface area contributed by atoms with E-state index in [0.29, 0.717) is 13.1 Å². The molecule has 8 heteroatoms. The van der Waals surface area contributed by atoms with E-state index in [2.05, 4.69) is 33.8 Å². The lowest BCUT2D eigenvalue weighted by Gasteiger charge is -2.35. The third-order valence-corrected chi connectivity index (χ3v) is 6.30. The van der Waals surface area contributed by atoms with Gasteiger partial charge < -0.3 is 9.80 Å². The molecule has 3 aromatic heterocycles. The van der Waals surface area contributed by atoms with Crippen molar-refractivity contribution < 1.29 is 4.79 Å². The first-order valence-electron chi connectivity index (χ1n) is 8.84. The fourth-order valence-electron chi connectivity index (χ4n) is 3.46. The fourth-order valence-corrected chi connectivity index (χ4v) is 4.54. The molecular weight excluding hydrogens is 348 g/mol. The van der Waals surface area contributed by atoms with Crippen LogP contribution in [-0.4, -0.2) is 56.7 Å². The number of piperazine rings is 1. The highest BCUT2D eigenvalue weighted by molar-refractivity contribution is 7.14. The van der Waals surface area contributed by atoms with Crippen molar-refractivity contribution in [2.45, 2.75) is 20.3 Å². The van der Waals surface area contributed by atoms with Gasteiger partial charge in [-0.15, -0.1) is 11.3 Å². The molecule has 4 heterocycles. The van der Waals surface area contributed by atoms with Crippen LogP contribution >= 0.6 is 11.3 Å². The molecule has 0 aromatic carbocycles. The van der Waals surface area contributed by atoms with Crippen molar-refractivity contribution in [2.24, 2.45) is 7.05 Å². The summed E-state index contributed by atoms with van der Waals surface area (Å²) in [6.07, 6.45) is 4.37. The van der Waals surface area contributed by atoms with Crippen LogP contribution in [0.4, 0.5) is 5.82 Å². The second-order valence-corrected chi connectivity index (χ2v) is 7.69. The number of carbonyl (C=O) groups is 1. The topological polar surface area (TPSA) is 67.2 Å². The maximum absolute atomic E-state index is 12.8. The minimum Gasteiger partial charge on any atom is -0.352 e. The highest BCUT2D eigenvalue weighted by atomic mass is 32.1. The van der Waals surface area contributed by atoms with E-state index in [-0.39, 0.29) is 5.91 Å². The Morgan fingerprint density at radius 3 is 2.69 bits per heavy atom. The first-order valence-corrected chi connectivity index (χ1v) is 9.66. The van der Waals surface area contributed by atoms with Crippen LogP contribution < -0.4 is 4.90 Å². The van der Waals surface area contributed by atoms with Crippen LogP contribution in [-0.2, 0) is 13.5 Å². The van der Waals surface area contributed by atoms with Gasteiger partial charge in [0.1, 0.15) is 12.1 Å². The Hall–Kier alpha value is -2.48. The Morgan fingerprint density at radius 1 is 1.23 bits per heavy atom. The van der Waals surface area contributed by atoms with Crippen LogP contribution in [0.1, 0.15) is 27.0 Å². The van der Waals surface area contributed by atoms with E-state index in [9.17, 15) is 4.79 Å². The lowest BCUT2D eigenvalue weighted by atomic mass is 10.2. The summed E-state index contributed by atoms with van der Waals surface area (Å²) in [4.78, 5) is 27.9. The normalized spacial score (nSPS) is 15.0. The maximum Gasteiger partial charge on any atom is 0.264 e. The number of anilines is 1. The second-order valence-electron chi connectivity index (χ2n) is 6.55. The molecule has 1 aliphatic rings. The molecule has 0 unspecified atom stereocenters. The molecule has 1 fully saturated rings. The molecule has 1 amide bonds. The Morgan fingerprint density at radius 2 is 2.00 bits per heavy atom. The summed E-state index contributed by atoms with van der Waals surface area (Å²) in [6, 6.07) is 2.03. The molecule has 136 valence electrons. The Bertz CT molecular complexity index is 954. The molecule has 4 rings (SSSR count). The van der Waals surface area contributed by atoms with Gasteiger partial charge in [0.05, 0.1) is 16.5 Å². The van der Waals surface area contributed by atoms with Crippen molar-refractivity contribution in [3.63, 3.8) is 0 Å². The smallest absolute Gasteiger partial charge is 0.264 e. The van der Waals surface area contributed by atoms with E-state index < -0.39 is 0 Å². The van der Waals surface area contributed by atoms with Crippen molar-refractivity contribution in [1.82, 2.24) is 24.6 Å². The number of aromatic nitrogens is 4. The number of thiophene rings is 1. The lowest BCUT2D eigenvalue weighted by molar-refractivity contribution is 0.0751. The SMILES string of the molecule is CCc1sc(C(=O)N2CCN(c3ncnc4c3cnn4C)CC2)cc1C. The number of amides is 1. The summed E-state index contributed by atoms with van der Waals surface area (Å²) in [5.41, 5.74) is 2.05. The van der Waals surface area contributed by atoms with E-state index in [0.717, 1.165) is 41.2 Å². The molecule has 0 bridgehead atoms. The number of hydrogen-bond donors (Lipinski definition) is 0.